The van der Waals surface area contributed by atoms with E-state index < -0.39 is 0 Å². The van der Waals surface area contributed by atoms with E-state index in [1.54, 1.807) is 11.3 Å². The summed E-state index contributed by atoms with van der Waals surface area (Å²) in [6, 6.07) is 8.44. The molecule has 1 saturated carbocycles. The van der Waals surface area contributed by atoms with Gasteiger partial charge in [-0.05, 0) is 41.2 Å². The van der Waals surface area contributed by atoms with E-state index in [-0.39, 0.29) is 6.10 Å². The van der Waals surface area contributed by atoms with Gasteiger partial charge in [-0.25, -0.2) is 0 Å². The van der Waals surface area contributed by atoms with E-state index in [1.807, 2.05) is 0 Å². The molecule has 0 spiro atoms. The molecule has 0 amide bonds. The fourth-order valence-corrected chi connectivity index (χ4v) is 4.28. The molecular formula is C17H22OS. The van der Waals surface area contributed by atoms with Crippen molar-refractivity contribution in [1.29, 1.82) is 0 Å². The van der Waals surface area contributed by atoms with E-state index in [0.29, 0.717) is 5.92 Å². The number of thiophene rings is 1. The van der Waals surface area contributed by atoms with Crippen molar-refractivity contribution in [1.82, 2.24) is 0 Å². The summed E-state index contributed by atoms with van der Waals surface area (Å²) >= 11 is 1.76. The molecule has 1 atom stereocenters. The Kier molecular flexibility index (Phi) is 4.19. The summed E-state index contributed by atoms with van der Waals surface area (Å²) in [6.07, 6.45) is 8.73. The van der Waals surface area contributed by atoms with Crippen LogP contribution in [0.2, 0.25) is 0 Å². The second-order valence-electron chi connectivity index (χ2n) is 5.74. The maximum absolute atomic E-state index is 10.8. The van der Waals surface area contributed by atoms with Crippen molar-refractivity contribution in [2.75, 3.05) is 0 Å². The Hall–Kier alpha value is -0.860. The second-order valence-corrected chi connectivity index (χ2v) is 6.65. The van der Waals surface area contributed by atoms with Crippen LogP contribution in [0.5, 0.6) is 0 Å². The fourth-order valence-electron chi connectivity index (χ4n) is 3.28. The highest BCUT2D eigenvalue weighted by Crippen LogP contribution is 2.38. The lowest BCUT2D eigenvalue weighted by Gasteiger charge is -2.24. The van der Waals surface area contributed by atoms with Crippen LogP contribution in [0.25, 0.3) is 10.1 Å². The third-order valence-corrected chi connectivity index (χ3v) is 5.41. The van der Waals surface area contributed by atoms with Crippen molar-refractivity contribution in [3.63, 3.8) is 0 Å². The van der Waals surface area contributed by atoms with Crippen LogP contribution in [0.15, 0.2) is 29.6 Å². The van der Waals surface area contributed by atoms with Crippen LogP contribution in [0, 0.1) is 5.92 Å². The van der Waals surface area contributed by atoms with Crippen molar-refractivity contribution >= 4 is 21.4 Å². The number of hydrogen-bond acceptors (Lipinski definition) is 2. The normalized spacial score (nSPS) is 20.1. The predicted molar refractivity (Wildman–Crippen MR) is 82.6 cm³/mol. The highest BCUT2D eigenvalue weighted by molar-refractivity contribution is 7.17. The van der Waals surface area contributed by atoms with Gasteiger partial charge >= 0.3 is 0 Å². The third kappa shape index (κ3) is 2.85. The fraction of sp³-hybridized carbons (Fsp3) is 0.529. The topological polar surface area (TPSA) is 20.2 Å². The molecule has 1 unspecified atom stereocenters. The van der Waals surface area contributed by atoms with Gasteiger partial charge in [0, 0.05) is 4.70 Å². The van der Waals surface area contributed by atoms with Crippen molar-refractivity contribution in [3.8, 4) is 0 Å². The molecule has 1 nitrogen and oxygen atoms in total. The monoisotopic (exact) mass is 274 g/mol. The van der Waals surface area contributed by atoms with E-state index in [4.69, 9.17) is 0 Å². The molecule has 1 heterocycles. The van der Waals surface area contributed by atoms with Crippen molar-refractivity contribution < 1.29 is 5.11 Å². The third-order valence-electron chi connectivity index (χ3n) is 4.43. The number of aliphatic hydroxyl groups is 1. The quantitative estimate of drug-likeness (QED) is 0.788. The minimum Gasteiger partial charge on any atom is -0.388 e. The lowest BCUT2D eigenvalue weighted by molar-refractivity contribution is 0.0928. The average molecular weight is 274 g/mol. The van der Waals surface area contributed by atoms with Gasteiger partial charge in [-0.1, -0.05) is 50.3 Å². The first kappa shape index (κ1) is 13.1. The molecule has 1 fully saturated rings. The molecule has 19 heavy (non-hydrogen) atoms. The molecule has 3 rings (SSSR count). The van der Waals surface area contributed by atoms with Crippen LogP contribution in [0.1, 0.15) is 56.6 Å². The summed E-state index contributed by atoms with van der Waals surface area (Å²) in [5, 5.41) is 14.2. The predicted octanol–water partition coefficient (Wildman–Crippen LogP) is 5.30. The molecule has 1 aromatic carbocycles. The van der Waals surface area contributed by atoms with E-state index >= 15 is 0 Å². The molecular weight excluding hydrogens is 252 g/mol. The lowest BCUT2D eigenvalue weighted by Crippen LogP contribution is -2.14. The van der Waals surface area contributed by atoms with E-state index in [9.17, 15) is 5.11 Å². The smallest absolute Gasteiger partial charge is 0.0832 e. The van der Waals surface area contributed by atoms with Gasteiger partial charge in [-0.3, -0.25) is 0 Å². The highest BCUT2D eigenvalue weighted by Gasteiger charge is 2.23. The van der Waals surface area contributed by atoms with Gasteiger partial charge in [0.15, 0.2) is 0 Å². The Morgan fingerprint density at radius 3 is 2.47 bits per heavy atom. The Morgan fingerprint density at radius 1 is 1.00 bits per heavy atom. The standard InChI is InChI=1S/C17H22OS/c18-17(13-8-4-2-1-3-5-9-13)15-12-19-16-11-7-6-10-14(15)16/h6-7,10-13,17-18H,1-5,8-9H2. The zero-order valence-corrected chi connectivity index (χ0v) is 12.2. The zero-order chi connectivity index (χ0) is 13.1. The molecule has 0 aliphatic heterocycles. The summed E-state index contributed by atoms with van der Waals surface area (Å²) in [4.78, 5) is 0. The minimum atomic E-state index is -0.269. The summed E-state index contributed by atoms with van der Waals surface area (Å²) < 4.78 is 1.29. The molecule has 0 bridgehead atoms. The van der Waals surface area contributed by atoms with Gasteiger partial charge in [0.25, 0.3) is 0 Å². The van der Waals surface area contributed by atoms with Gasteiger partial charge in [0.05, 0.1) is 6.10 Å². The van der Waals surface area contributed by atoms with Crippen LogP contribution in [-0.4, -0.2) is 5.11 Å². The Labute approximate surface area is 119 Å². The number of fused-ring (bicyclic) bond motifs is 1. The highest BCUT2D eigenvalue weighted by atomic mass is 32.1. The number of hydrogen-bond donors (Lipinski definition) is 1. The first-order chi connectivity index (χ1) is 9.36. The van der Waals surface area contributed by atoms with Crippen LogP contribution in [0.3, 0.4) is 0 Å². The van der Waals surface area contributed by atoms with Crippen LogP contribution < -0.4 is 0 Å². The number of rotatable bonds is 2. The second kappa shape index (κ2) is 6.06. The first-order valence-corrected chi connectivity index (χ1v) is 8.38. The maximum Gasteiger partial charge on any atom is 0.0832 e. The van der Waals surface area contributed by atoms with Crippen molar-refractivity contribution in [2.45, 2.75) is 51.0 Å². The molecule has 1 aliphatic carbocycles. The molecule has 0 saturated heterocycles. The lowest BCUT2D eigenvalue weighted by atomic mass is 9.84. The summed E-state index contributed by atoms with van der Waals surface area (Å²) in [6.45, 7) is 0. The van der Waals surface area contributed by atoms with E-state index in [0.717, 1.165) is 5.56 Å². The average Bonchev–Trinajstić information content (AvgIpc) is 2.81. The Bertz CT molecular complexity index is 523. The number of benzene rings is 1. The largest absolute Gasteiger partial charge is 0.388 e. The van der Waals surface area contributed by atoms with Crippen molar-refractivity contribution in [3.05, 3.63) is 35.2 Å². The first-order valence-electron chi connectivity index (χ1n) is 7.50. The Morgan fingerprint density at radius 2 is 1.68 bits per heavy atom. The van der Waals surface area contributed by atoms with Gasteiger partial charge in [-0.15, -0.1) is 11.3 Å². The van der Waals surface area contributed by atoms with Gasteiger partial charge in [-0.2, -0.15) is 0 Å². The van der Waals surface area contributed by atoms with Crippen molar-refractivity contribution in [2.24, 2.45) is 5.92 Å². The molecule has 1 N–H and O–H groups in total. The number of aliphatic hydroxyl groups excluding tert-OH is 1. The molecule has 2 aromatic rings. The Balaban J connectivity index is 1.83. The van der Waals surface area contributed by atoms with Crippen LogP contribution in [-0.2, 0) is 0 Å². The molecule has 1 aromatic heterocycles. The van der Waals surface area contributed by atoms with Crippen LogP contribution in [0.4, 0.5) is 0 Å². The summed E-state index contributed by atoms with van der Waals surface area (Å²) in [5.74, 6) is 0.457. The molecule has 102 valence electrons. The minimum absolute atomic E-state index is 0.269. The molecule has 0 radical (unpaired) electrons. The zero-order valence-electron chi connectivity index (χ0n) is 11.3. The van der Waals surface area contributed by atoms with Crippen LogP contribution >= 0.6 is 11.3 Å². The van der Waals surface area contributed by atoms with Gasteiger partial charge in [0.1, 0.15) is 0 Å². The molecule has 2 heteroatoms. The summed E-state index contributed by atoms with van der Waals surface area (Å²) in [7, 11) is 0. The van der Waals surface area contributed by atoms with Gasteiger partial charge < -0.3 is 5.11 Å². The SMILES string of the molecule is OC(c1csc2ccccc12)C1CCCCCCC1. The summed E-state index contributed by atoms with van der Waals surface area (Å²) in [5.41, 5.74) is 1.16. The molecule has 1 aliphatic rings. The maximum atomic E-state index is 10.8. The van der Waals surface area contributed by atoms with Gasteiger partial charge in [0.2, 0.25) is 0 Å². The van der Waals surface area contributed by atoms with E-state index in [1.165, 1.54) is 55.0 Å². The van der Waals surface area contributed by atoms with E-state index in [2.05, 4.69) is 29.6 Å².